The molecule has 7 rings (SSSR count). The van der Waals surface area contributed by atoms with Gasteiger partial charge < -0.3 is 30.5 Å². The average Bonchev–Trinajstić information content (AvgIpc) is 3.64. The minimum atomic E-state index is 0.489. The second-order valence-electron chi connectivity index (χ2n) is 12.5. The van der Waals surface area contributed by atoms with Crippen LogP contribution in [0.25, 0.3) is 10.9 Å². The molecule has 0 amide bonds. The summed E-state index contributed by atoms with van der Waals surface area (Å²) in [7, 11) is 1.73. The summed E-state index contributed by atoms with van der Waals surface area (Å²) >= 11 is 3.68. The summed E-state index contributed by atoms with van der Waals surface area (Å²) in [6.07, 6.45) is 9.49. The van der Waals surface area contributed by atoms with Crippen LogP contribution in [0.5, 0.6) is 5.75 Å². The van der Waals surface area contributed by atoms with Gasteiger partial charge in [-0.1, -0.05) is 19.1 Å². The average molecular weight is 699 g/mol. The lowest BCUT2D eigenvalue weighted by Gasteiger charge is -2.41. The number of pyridine rings is 1. The van der Waals surface area contributed by atoms with Crippen molar-refractivity contribution in [3.63, 3.8) is 0 Å². The van der Waals surface area contributed by atoms with Gasteiger partial charge in [0.2, 0.25) is 5.95 Å². The van der Waals surface area contributed by atoms with Gasteiger partial charge in [-0.2, -0.15) is 4.98 Å². The van der Waals surface area contributed by atoms with Crippen LogP contribution >= 0.6 is 15.9 Å². The first kappa shape index (κ1) is 31.7. The molecule has 2 fully saturated rings. The number of benzene rings is 2. The third-order valence-electron chi connectivity index (χ3n) is 9.62. The highest BCUT2D eigenvalue weighted by molar-refractivity contribution is 9.10. The number of aromatic nitrogens is 3. The number of fused-ring (bicyclic) bond motifs is 1. The minimum absolute atomic E-state index is 0.489. The maximum atomic E-state index is 5.93. The minimum Gasteiger partial charge on any atom is -0.494 e. The Morgan fingerprint density at radius 3 is 2.47 bits per heavy atom. The molecular weight excluding hydrogens is 654 g/mol. The van der Waals surface area contributed by atoms with Gasteiger partial charge in [0.1, 0.15) is 11.6 Å². The molecule has 5 heterocycles. The van der Waals surface area contributed by atoms with Crippen molar-refractivity contribution in [1.82, 2.24) is 25.2 Å². The molecule has 47 heavy (non-hydrogen) atoms. The van der Waals surface area contributed by atoms with E-state index in [1.807, 2.05) is 6.92 Å². The molecule has 0 saturated carbocycles. The highest BCUT2D eigenvalue weighted by Gasteiger charge is 2.27. The van der Waals surface area contributed by atoms with Gasteiger partial charge in [-0.05, 0) is 78.0 Å². The summed E-state index contributed by atoms with van der Waals surface area (Å²) in [5, 5.41) is 11.7. The molecule has 0 unspecified atom stereocenters. The van der Waals surface area contributed by atoms with Crippen LogP contribution in [0.1, 0.15) is 31.0 Å². The predicted molar refractivity (Wildman–Crippen MR) is 196 cm³/mol. The van der Waals surface area contributed by atoms with Gasteiger partial charge in [-0.15, -0.1) is 0 Å². The highest BCUT2D eigenvalue weighted by atomic mass is 79.9. The van der Waals surface area contributed by atoms with Crippen LogP contribution in [0.15, 0.2) is 59.2 Å². The van der Waals surface area contributed by atoms with Crippen LogP contribution in [-0.4, -0.2) is 85.4 Å². The number of ether oxygens (including phenoxy) is 1. The summed E-state index contributed by atoms with van der Waals surface area (Å²) in [6, 6.07) is 13.5. The molecule has 11 heteroatoms. The number of piperazine rings is 1. The van der Waals surface area contributed by atoms with Crippen LogP contribution in [-0.2, 0) is 6.42 Å². The Labute approximate surface area is 285 Å². The van der Waals surface area contributed by atoms with E-state index in [2.05, 4.69) is 107 Å². The Morgan fingerprint density at radius 2 is 1.72 bits per heavy atom. The zero-order valence-electron chi connectivity index (χ0n) is 27.5. The van der Waals surface area contributed by atoms with Crippen molar-refractivity contribution in [3.8, 4) is 5.75 Å². The maximum Gasteiger partial charge on any atom is 0.229 e. The fourth-order valence-corrected chi connectivity index (χ4v) is 7.42. The monoisotopic (exact) mass is 697 g/mol. The summed E-state index contributed by atoms with van der Waals surface area (Å²) in [5.41, 5.74) is 7.46. The van der Waals surface area contributed by atoms with E-state index in [0.29, 0.717) is 17.8 Å². The predicted octanol–water partition coefficient (Wildman–Crippen LogP) is 6.40. The Morgan fingerprint density at radius 1 is 0.936 bits per heavy atom. The first-order valence-electron chi connectivity index (χ1n) is 16.8. The first-order chi connectivity index (χ1) is 23.0. The van der Waals surface area contributed by atoms with E-state index in [-0.39, 0.29) is 0 Å². The molecule has 0 aliphatic carbocycles. The Bertz CT molecular complexity index is 1760. The Balaban J connectivity index is 1.13. The number of piperidine rings is 1. The van der Waals surface area contributed by atoms with Crippen molar-refractivity contribution >= 4 is 61.3 Å². The summed E-state index contributed by atoms with van der Waals surface area (Å²) in [4.78, 5) is 21.9. The van der Waals surface area contributed by atoms with Crippen LogP contribution < -0.4 is 30.5 Å². The first-order valence-corrected chi connectivity index (χ1v) is 17.6. The van der Waals surface area contributed by atoms with Crippen molar-refractivity contribution in [2.75, 3.05) is 79.9 Å². The van der Waals surface area contributed by atoms with Crippen LogP contribution in [0.3, 0.4) is 0 Å². The quantitative estimate of drug-likeness (QED) is 0.171. The molecule has 0 spiro atoms. The van der Waals surface area contributed by atoms with Gasteiger partial charge in [0.05, 0.1) is 34.2 Å². The number of hydrogen-bond donors (Lipinski definition) is 3. The zero-order chi connectivity index (χ0) is 32.3. The molecular formula is C36H44BrN9O. The fourth-order valence-electron chi connectivity index (χ4n) is 7.13. The van der Waals surface area contributed by atoms with Crippen molar-refractivity contribution in [2.24, 2.45) is 0 Å². The summed E-state index contributed by atoms with van der Waals surface area (Å²) < 4.78 is 6.71. The second kappa shape index (κ2) is 14.0. The molecule has 2 aromatic carbocycles. The number of hydrogen-bond acceptors (Lipinski definition) is 10. The van der Waals surface area contributed by atoms with Crippen LogP contribution in [0, 0.1) is 6.92 Å². The molecule has 0 bridgehead atoms. The van der Waals surface area contributed by atoms with E-state index < -0.39 is 0 Å². The number of nitrogens with one attached hydrogen (secondary N) is 3. The lowest BCUT2D eigenvalue weighted by Crippen LogP contribution is -2.52. The largest absolute Gasteiger partial charge is 0.494 e. The molecule has 3 aliphatic rings. The van der Waals surface area contributed by atoms with Gasteiger partial charge in [0, 0.05) is 87.4 Å². The summed E-state index contributed by atoms with van der Waals surface area (Å²) in [5.74, 6) is 1.95. The third kappa shape index (κ3) is 6.75. The van der Waals surface area contributed by atoms with E-state index in [1.54, 1.807) is 13.3 Å². The number of halogens is 1. The van der Waals surface area contributed by atoms with E-state index >= 15 is 0 Å². The van der Waals surface area contributed by atoms with Crippen molar-refractivity contribution < 1.29 is 4.74 Å². The van der Waals surface area contributed by atoms with Gasteiger partial charge in [0.25, 0.3) is 0 Å². The second-order valence-corrected chi connectivity index (χ2v) is 13.4. The molecule has 4 aromatic rings. The third-order valence-corrected chi connectivity index (χ3v) is 10.2. The fraction of sp³-hybridized carbons (Fsp3) is 0.417. The van der Waals surface area contributed by atoms with Crippen molar-refractivity contribution in [3.05, 3.63) is 70.5 Å². The topological polar surface area (TPSA) is 93.7 Å². The molecule has 0 radical (unpaired) electrons. The highest BCUT2D eigenvalue weighted by Crippen LogP contribution is 2.39. The lowest BCUT2D eigenvalue weighted by atomic mass is 9.99. The van der Waals surface area contributed by atoms with Crippen LogP contribution in [0.4, 0.5) is 34.5 Å². The number of aryl methyl sites for hydroxylation is 2. The Kier molecular flexibility index (Phi) is 9.46. The van der Waals surface area contributed by atoms with Gasteiger partial charge in [-0.3, -0.25) is 9.88 Å². The number of rotatable bonds is 9. The van der Waals surface area contributed by atoms with Crippen molar-refractivity contribution in [2.45, 2.75) is 39.2 Å². The van der Waals surface area contributed by atoms with Crippen LogP contribution in [0.2, 0.25) is 0 Å². The lowest BCUT2D eigenvalue weighted by molar-refractivity contribution is 0.150. The number of methoxy groups -OCH3 is 1. The maximum absolute atomic E-state index is 5.93. The van der Waals surface area contributed by atoms with E-state index in [1.165, 1.54) is 24.1 Å². The molecule has 10 nitrogen and oxygen atoms in total. The van der Waals surface area contributed by atoms with Crippen molar-refractivity contribution in [1.29, 1.82) is 0 Å². The standard InChI is InChI=1S/C36H44BrN9O/c1-4-25-21-31(33(47-3)22-32(25)45-17-11-26(12-18-45)44-19-13-38-14-20-44)42-36-39-23-28(37)35(43-36)41-30-10-9-29-27(8-7-24(2)40-29)34(30)46-15-5-6-16-46/h5-10,21-23,26,38H,4,11-20H2,1-3H3,(H2,39,41,42,43). The Hall–Kier alpha value is -3.93. The van der Waals surface area contributed by atoms with E-state index in [9.17, 15) is 0 Å². The number of nitrogens with zero attached hydrogens (tertiary/aromatic N) is 6. The SMILES string of the molecule is CCc1cc(Nc2ncc(Br)c(Nc3ccc4nc(C)ccc4c3N3CC=CC3)n2)c(OC)cc1N1CCC(N2CCNCC2)CC1. The molecule has 0 atom stereocenters. The molecule has 3 aliphatic heterocycles. The molecule has 2 aromatic heterocycles. The van der Waals surface area contributed by atoms with E-state index in [0.717, 1.165) is 103 Å². The molecule has 3 N–H and O–H groups in total. The summed E-state index contributed by atoms with van der Waals surface area (Å²) in [6.45, 7) is 12.6. The molecule has 246 valence electrons. The zero-order valence-corrected chi connectivity index (χ0v) is 29.1. The van der Waals surface area contributed by atoms with E-state index in [4.69, 9.17) is 14.7 Å². The van der Waals surface area contributed by atoms with Gasteiger partial charge in [-0.25, -0.2) is 4.98 Å². The smallest absolute Gasteiger partial charge is 0.229 e. The number of anilines is 6. The normalized spacial score (nSPS) is 17.4. The van der Waals surface area contributed by atoms with Gasteiger partial charge in [0.15, 0.2) is 0 Å². The molecule has 2 saturated heterocycles. The van der Waals surface area contributed by atoms with Gasteiger partial charge >= 0.3 is 0 Å².